The van der Waals surface area contributed by atoms with E-state index in [2.05, 4.69) is 9.88 Å². The Labute approximate surface area is 166 Å². The van der Waals surface area contributed by atoms with Crippen LogP contribution in [0.4, 0.5) is 9.52 Å². The minimum Gasteiger partial charge on any atom is -0.493 e. The second-order valence-corrected chi connectivity index (χ2v) is 7.47. The second kappa shape index (κ2) is 7.63. The van der Waals surface area contributed by atoms with Gasteiger partial charge in [0.25, 0.3) is 5.91 Å². The van der Waals surface area contributed by atoms with E-state index in [9.17, 15) is 9.18 Å². The van der Waals surface area contributed by atoms with Crippen LogP contribution < -0.4 is 14.4 Å². The highest BCUT2D eigenvalue weighted by Gasteiger charge is 2.24. The van der Waals surface area contributed by atoms with Gasteiger partial charge in [0.05, 0.1) is 24.4 Å². The number of nitrogens with zero attached hydrogens (tertiary/aromatic N) is 3. The fourth-order valence-corrected chi connectivity index (χ4v) is 4.32. The van der Waals surface area contributed by atoms with Gasteiger partial charge in [-0.2, -0.15) is 0 Å². The number of aromatic nitrogens is 1. The van der Waals surface area contributed by atoms with Crippen molar-refractivity contribution in [2.45, 2.75) is 0 Å². The molecule has 1 aliphatic heterocycles. The van der Waals surface area contributed by atoms with Gasteiger partial charge in [0, 0.05) is 31.7 Å². The molecule has 4 rings (SSSR count). The maximum atomic E-state index is 13.4. The first-order valence-corrected chi connectivity index (χ1v) is 9.73. The number of hydrogen-bond acceptors (Lipinski definition) is 6. The highest BCUT2D eigenvalue weighted by atomic mass is 32.1. The lowest BCUT2D eigenvalue weighted by Gasteiger charge is -2.34. The molecule has 3 aromatic rings. The Morgan fingerprint density at radius 1 is 1.04 bits per heavy atom. The molecule has 0 N–H and O–H groups in total. The van der Waals surface area contributed by atoms with Crippen molar-refractivity contribution >= 4 is 32.6 Å². The summed E-state index contributed by atoms with van der Waals surface area (Å²) in [6.45, 7) is 2.55. The zero-order valence-corrected chi connectivity index (χ0v) is 16.5. The molecule has 0 atom stereocenters. The van der Waals surface area contributed by atoms with E-state index >= 15 is 0 Å². The Bertz CT molecular complexity index is 1020. The minimum absolute atomic E-state index is 0.0352. The van der Waals surface area contributed by atoms with Crippen molar-refractivity contribution in [2.24, 2.45) is 0 Å². The van der Waals surface area contributed by atoms with Crippen molar-refractivity contribution in [2.75, 3.05) is 45.3 Å². The summed E-state index contributed by atoms with van der Waals surface area (Å²) in [5.74, 6) is 0.838. The van der Waals surface area contributed by atoms with Crippen LogP contribution in [0.3, 0.4) is 0 Å². The summed E-state index contributed by atoms with van der Waals surface area (Å²) >= 11 is 1.47. The van der Waals surface area contributed by atoms with Gasteiger partial charge < -0.3 is 19.3 Å². The van der Waals surface area contributed by atoms with Crippen LogP contribution in [0.2, 0.25) is 0 Å². The first kappa shape index (κ1) is 18.5. The topological polar surface area (TPSA) is 54.9 Å². The van der Waals surface area contributed by atoms with Gasteiger partial charge in [0.1, 0.15) is 5.82 Å². The Kier molecular flexibility index (Phi) is 5.04. The molecule has 8 heteroatoms. The van der Waals surface area contributed by atoms with E-state index in [1.54, 1.807) is 38.5 Å². The zero-order chi connectivity index (χ0) is 19.7. The largest absolute Gasteiger partial charge is 0.493 e. The number of anilines is 1. The molecule has 0 bridgehead atoms. The molecular weight excluding hydrogens is 381 g/mol. The van der Waals surface area contributed by atoms with E-state index in [4.69, 9.17) is 9.47 Å². The number of rotatable bonds is 4. The van der Waals surface area contributed by atoms with Gasteiger partial charge in [-0.15, -0.1) is 0 Å². The number of carbonyl (C=O) groups is 1. The molecule has 0 radical (unpaired) electrons. The Hall–Kier alpha value is -2.87. The molecule has 0 unspecified atom stereocenters. The summed E-state index contributed by atoms with van der Waals surface area (Å²) in [4.78, 5) is 21.4. The molecule has 146 valence electrons. The van der Waals surface area contributed by atoms with Crippen LogP contribution in [0.1, 0.15) is 10.4 Å². The summed E-state index contributed by atoms with van der Waals surface area (Å²) < 4.78 is 24.7. The summed E-state index contributed by atoms with van der Waals surface area (Å²) in [5, 5.41) is 0.860. The number of fused-ring (bicyclic) bond motifs is 1. The van der Waals surface area contributed by atoms with E-state index in [1.165, 1.54) is 23.5 Å². The Morgan fingerprint density at radius 3 is 2.50 bits per heavy atom. The van der Waals surface area contributed by atoms with Crippen molar-refractivity contribution in [3.8, 4) is 11.5 Å². The molecule has 0 saturated carbocycles. The van der Waals surface area contributed by atoms with E-state index < -0.39 is 0 Å². The molecule has 1 fully saturated rings. The standard InChI is InChI=1S/C20H20FN3O3S/c1-26-16-6-3-13(11-17(16)27-2)19(25)23-7-9-24(10-8-23)20-22-15-5-4-14(21)12-18(15)28-20/h3-6,11-12H,7-10H2,1-2H3. The molecule has 1 aromatic heterocycles. The Morgan fingerprint density at radius 2 is 1.79 bits per heavy atom. The molecule has 6 nitrogen and oxygen atoms in total. The first-order valence-electron chi connectivity index (χ1n) is 8.91. The van der Waals surface area contributed by atoms with Crippen LogP contribution >= 0.6 is 11.3 Å². The zero-order valence-electron chi connectivity index (χ0n) is 15.6. The average molecular weight is 401 g/mol. The van der Waals surface area contributed by atoms with Crippen LogP contribution in [-0.2, 0) is 0 Å². The van der Waals surface area contributed by atoms with Crippen molar-refractivity contribution in [3.63, 3.8) is 0 Å². The van der Waals surface area contributed by atoms with Gasteiger partial charge in [-0.25, -0.2) is 9.37 Å². The van der Waals surface area contributed by atoms with Gasteiger partial charge >= 0.3 is 0 Å². The monoisotopic (exact) mass is 401 g/mol. The number of methoxy groups -OCH3 is 2. The maximum absolute atomic E-state index is 13.4. The number of amides is 1. The van der Waals surface area contributed by atoms with Crippen molar-refractivity contribution in [3.05, 3.63) is 47.8 Å². The molecule has 28 heavy (non-hydrogen) atoms. The lowest BCUT2D eigenvalue weighted by atomic mass is 10.1. The average Bonchev–Trinajstić information content (AvgIpc) is 3.16. The summed E-state index contributed by atoms with van der Waals surface area (Å²) in [5.41, 5.74) is 1.37. The van der Waals surface area contributed by atoms with Crippen molar-refractivity contribution in [1.82, 2.24) is 9.88 Å². The molecule has 2 aromatic carbocycles. The highest BCUT2D eigenvalue weighted by molar-refractivity contribution is 7.22. The predicted molar refractivity (Wildman–Crippen MR) is 107 cm³/mol. The number of ether oxygens (including phenoxy) is 2. The van der Waals surface area contributed by atoms with Crippen molar-refractivity contribution < 1.29 is 18.7 Å². The van der Waals surface area contributed by atoms with Gasteiger partial charge in [-0.1, -0.05) is 11.3 Å². The first-order chi connectivity index (χ1) is 13.6. The summed E-state index contributed by atoms with van der Waals surface area (Å²) in [6.07, 6.45) is 0. The molecule has 0 aliphatic carbocycles. The number of hydrogen-bond donors (Lipinski definition) is 0. The number of halogens is 1. The number of piperazine rings is 1. The van der Waals surface area contributed by atoms with Crippen LogP contribution in [0, 0.1) is 5.82 Å². The van der Waals surface area contributed by atoms with Crippen molar-refractivity contribution in [1.29, 1.82) is 0 Å². The molecule has 2 heterocycles. The third-order valence-electron chi connectivity index (χ3n) is 4.81. The minimum atomic E-state index is -0.256. The maximum Gasteiger partial charge on any atom is 0.254 e. The number of carbonyl (C=O) groups excluding carboxylic acids is 1. The molecular formula is C20H20FN3O3S. The van der Waals surface area contributed by atoms with Gasteiger partial charge in [-0.05, 0) is 36.4 Å². The second-order valence-electron chi connectivity index (χ2n) is 6.46. The van der Waals surface area contributed by atoms with Crippen LogP contribution in [0.25, 0.3) is 10.2 Å². The fourth-order valence-electron chi connectivity index (χ4n) is 3.27. The highest BCUT2D eigenvalue weighted by Crippen LogP contribution is 2.31. The van der Waals surface area contributed by atoms with E-state index in [0.717, 1.165) is 15.3 Å². The third kappa shape index (κ3) is 3.47. The summed E-state index contributed by atoms with van der Waals surface area (Å²) in [6, 6.07) is 9.82. The lowest BCUT2D eigenvalue weighted by Crippen LogP contribution is -2.48. The van der Waals surface area contributed by atoms with Crippen LogP contribution in [0.5, 0.6) is 11.5 Å². The van der Waals surface area contributed by atoms with Crippen LogP contribution in [-0.4, -0.2) is 56.2 Å². The lowest BCUT2D eigenvalue weighted by molar-refractivity contribution is 0.0746. The van der Waals surface area contributed by atoms with Crippen LogP contribution in [0.15, 0.2) is 36.4 Å². The smallest absolute Gasteiger partial charge is 0.254 e. The van der Waals surface area contributed by atoms with Gasteiger partial charge in [0.15, 0.2) is 16.6 Å². The molecule has 1 aliphatic rings. The SMILES string of the molecule is COc1ccc(C(=O)N2CCN(c3nc4ccc(F)cc4s3)CC2)cc1OC. The third-order valence-corrected chi connectivity index (χ3v) is 5.89. The van der Waals surface area contributed by atoms with E-state index in [0.29, 0.717) is 43.2 Å². The fraction of sp³-hybridized carbons (Fsp3) is 0.300. The molecule has 1 saturated heterocycles. The molecule has 0 spiro atoms. The number of thiazole rings is 1. The van der Waals surface area contributed by atoms with Gasteiger partial charge in [0.2, 0.25) is 0 Å². The van der Waals surface area contributed by atoms with E-state index in [1.807, 2.05) is 4.90 Å². The van der Waals surface area contributed by atoms with Gasteiger partial charge in [-0.3, -0.25) is 4.79 Å². The summed E-state index contributed by atoms with van der Waals surface area (Å²) in [7, 11) is 3.11. The normalized spacial score (nSPS) is 14.4. The predicted octanol–water partition coefficient (Wildman–Crippen LogP) is 3.42. The number of benzene rings is 2. The van der Waals surface area contributed by atoms with E-state index in [-0.39, 0.29) is 11.7 Å². The quantitative estimate of drug-likeness (QED) is 0.671. The molecule has 1 amide bonds. The Balaban J connectivity index is 1.45.